The molecule has 3 N–H and O–H groups in total. The van der Waals surface area contributed by atoms with E-state index in [0.29, 0.717) is 16.3 Å². The first-order valence-electron chi connectivity index (χ1n) is 6.27. The molecule has 2 amide bonds. The molecule has 0 saturated carbocycles. The maximum atomic E-state index is 11.9. The third kappa shape index (κ3) is 4.13. The van der Waals surface area contributed by atoms with Crippen LogP contribution in [0, 0.1) is 0 Å². The van der Waals surface area contributed by atoms with Crippen LogP contribution in [0.3, 0.4) is 0 Å². The highest BCUT2D eigenvalue weighted by molar-refractivity contribution is 6.42. The predicted molar refractivity (Wildman–Crippen MR) is 85.4 cm³/mol. The summed E-state index contributed by atoms with van der Waals surface area (Å²) in [6, 6.07) is 11.2. The molecule has 0 aliphatic heterocycles. The lowest BCUT2D eigenvalue weighted by Gasteiger charge is -2.15. The lowest BCUT2D eigenvalue weighted by Crippen LogP contribution is -2.36. The zero-order valence-corrected chi connectivity index (χ0v) is 12.7. The van der Waals surface area contributed by atoms with Gasteiger partial charge >= 0.3 is 12.0 Å². The van der Waals surface area contributed by atoms with E-state index < -0.39 is 18.0 Å². The van der Waals surface area contributed by atoms with Crippen LogP contribution < -0.4 is 10.6 Å². The van der Waals surface area contributed by atoms with E-state index in [9.17, 15) is 14.7 Å². The molecule has 0 aliphatic rings. The Balaban J connectivity index is 2.08. The molecule has 0 bridgehead atoms. The largest absolute Gasteiger partial charge is 0.479 e. The topological polar surface area (TPSA) is 78.4 Å². The molecule has 7 heteroatoms. The highest BCUT2D eigenvalue weighted by atomic mass is 35.5. The SMILES string of the molecule is O=C(Nc1ccc(Cl)c(Cl)c1)NC(C(=O)O)c1ccccc1. The number of carbonyl (C=O) groups is 2. The van der Waals surface area contributed by atoms with E-state index in [1.807, 2.05) is 0 Å². The van der Waals surface area contributed by atoms with Gasteiger partial charge in [0.2, 0.25) is 0 Å². The molecular formula is C15H12Cl2N2O3. The van der Waals surface area contributed by atoms with Crippen LogP contribution in [0.2, 0.25) is 10.0 Å². The van der Waals surface area contributed by atoms with E-state index in [-0.39, 0.29) is 5.02 Å². The molecular weight excluding hydrogens is 327 g/mol. The Hall–Kier alpha value is -2.24. The van der Waals surface area contributed by atoms with Crippen molar-refractivity contribution >= 4 is 40.9 Å². The summed E-state index contributed by atoms with van der Waals surface area (Å²) in [6.07, 6.45) is 0. The van der Waals surface area contributed by atoms with Gasteiger partial charge in [0.1, 0.15) is 0 Å². The van der Waals surface area contributed by atoms with Gasteiger partial charge in [0.05, 0.1) is 10.0 Å². The van der Waals surface area contributed by atoms with Crippen LogP contribution in [0.15, 0.2) is 48.5 Å². The van der Waals surface area contributed by atoms with Crippen molar-refractivity contribution in [2.24, 2.45) is 0 Å². The second kappa shape index (κ2) is 7.15. The Morgan fingerprint density at radius 3 is 2.27 bits per heavy atom. The van der Waals surface area contributed by atoms with Gasteiger partial charge in [0.15, 0.2) is 6.04 Å². The summed E-state index contributed by atoms with van der Waals surface area (Å²) < 4.78 is 0. The number of aliphatic carboxylic acids is 1. The Morgan fingerprint density at radius 1 is 1.00 bits per heavy atom. The van der Waals surface area contributed by atoms with Crippen molar-refractivity contribution in [3.8, 4) is 0 Å². The summed E-state index contributed by atoms with van der Waals surface area (Å²) in [5.41, 5.74) is 0.878. The maximum Gasteiger partial charge on any atom is 0.330 e. The van der Waals surface area contributed by atoms with Gasteiger partial charge in [-0.1, -0.05) is 53.5 Å². The minimum absolute atomic E-state index is 0.289. The Bertz CT molecular complexity index is 692. The molecule has 1 unspecified atom stereocenters. The molecule has 1 atom stereocenters. The molecule has 2 aromatic rings. The van der Waals surface area contributed by atoms with Crippen molar-refractivity contribution in [1.82, 2.24) is 5.32 Å². The lowest BCUT2D eigenvalue weighted by molar-refractivity contribution is -0.139. The number of carboxylic acids is 1. The van der Waals surface area contributed by atoms with Crippen LogP contribution in [-0.2, 0) is 4.79 Å². The number of nitrogens with one attached hydrogen (secondary N) is 2. The highest BCUT2D eigenvalue weighted by Crippen LogP contribution is 2.25. The first-order valence-corrected chi connectivity index (χ1v) is 7.03. The number of anilines is 1. The molecule has 0 radical (unpaired) electrons. The van der Waals surface area contributed by atoms with Gasteiger partial charge in [-0.2, -0.15) is 0 Å². The Kier molecular flexibility index (Phi) is 5.25. The summed E-state index contributed by atoms with van der Waals surface area (Å²) >= 11 is 11.6. The predicted octanol–water partition coefficient (Wildman–Crippen LogP) is 3.94. The fourth-order valence-corrected chi connectivity index (χ4v) is 2.10. The summed E-state index contributed by atoms with van der Waals surface area (Å²) in [5.74, 6) is -1.16. The van der Waals surface area contributed by atoms with E-state index in [1.165, 1.54) is 12.1 Å². The van der Waals surface area contributed by atoms with Gasteiger partial charge in [-0.25, -0.2) is 9.59 Å². The zero-order chi connectivity index (χ0) is 16.1. The van der Waals surface area contributed by atoms with Gasteiger partial charge in [-0.05, 0) is 23.8 Å². The van der Waals surface area contributed by atoms with Crippen molar-refractivity contribution in [2.75, 3.05) is 5.32 Å². The Labute approximate surface area is 136 Å². The van der Waals surface area contributed by atoms with Crippen molar-refractivity contribution in [1.29, 1.82) is 0 Å². The number of carbonyl (C=O) groups excluding carboxylic acids is 1. The van der Waals surface area contributed by atoms with Gasteiger partial charge in [-0.3, -0.25) is 0 Å². The van der Waals surface area contributed by atoms with Crippen LogP contribution in [-0.4, -0.2) is 17.1 Å². The second-order valence-corrected chi connectivity index (χ2v) is 5.22. The average molecular weight is 339 g/mol. The first kappa shape index (κ1) is 16.1. The molecule has 0 aliphatic carbocycles. The number of carboxylic acid groups (broad SMARTS) is 1. The molecule has 0 heterocycles. The minimum atomic E-state index is -1.16. The number of urea groups is 1. The quantitative estimate of drug-likeness (QED) is 0.789. The molecule has 114 valence electrons. The molecule has 22 heavy (non-hydrogen) atoms. The van der Waals surface area contributed by atoms with Crippen molar-refractivity contribution in [2.45, 2.75) is 6.04 Å². The summed E-state index contributed by atoms with van der Waals surface area (Å²) in [5, 5.41) is 14.8. The number of amides is 2. The van der Waals surface area contributed by atoms with E-state index >= 15 is 0 Å². The minimum Gasteiger partial charge on any atom is -0.479 e. The van der Waals surface area contributed by atoms with Crippen molar-refractivity contribution in [3.05, 3.63) is 64.1 Å². The van der Waals surface area contributed by atoms with Crippen molar-refractivity contribution < 1.29 is 14.7 Å². The van der Waals surface area contributed by atoms with Crippen LogP contribution in [0.5, 0.6) is 0 Å². The summed E-state index contributed by atoms with van der Waals surface area (Å²) in [6.45, 7) is 0. The Morgan fingerprint density at radius 2 is 1.68 bits per heavy atom. The van der Waals surface area contributed by atoms with E-state index in [1.54, 1.807) is 36.4 Å². The van der Waals surface area contributed by atoms with Gasteiger partial charge < -0.3 is 15.7 Å². The summed E-state index contributed by atoms with van der Waals surface area (Å²) in [4.78, 5) is 23.2. The molecule has 2 rings (SSSR count). The van der Waals surface area contributed by atoms with E-state index in [0.717, 1.165) is 0 Å². The molecule has 0 saturated heterocycles. The molecule has 0 fully saturated rings. The van der Waals surface area contributed by atoms with Crippen LogP contribution in [0.1, 0.15) is 11.6 Å². The fourth-order valence-electron chi connectivity index (χ4n) is 1.81. The van der Waals surface area contributed by atoms with Crippen LogP contribution in [0.25, 0.3) is 0 Å². The molecule has 2 aromatic carbocycles. The van der Waals surface area contributed by atoms with Crippen LogP contribution >= 0.6 is 23.2 Å². The van der Waals surface area contributed by atoms with Gasteiger partial charge in [-0.15, -0.1) is 0 Å². The number of rotatable bonds is 4. The van der Waals surface area contributed by atoms with E-state index in [4.69, 9.17) is 23.2 Å². The average Bonchev–Trinajstić information content (AvgIpc) is 2.49. The normalized spacial score (nSPS) is 11.5. The second-order valence-electron chi connectivity index (χ2n) is 4.41. The first-order chi connectivity index (χ1) is 10.5. The number of benzene rings is 2. The van der Waals surface area contributed by atoms with E-state index in [2.05, 4.69) is 10.6 Å². The third-order valence-electron chi connectivity index (χ3n) is 2.83. The summed E-state index contributed by atoms with van der Waals surface area (Å²) in [7, 11) is 0. The molecule has 0 aromatic heterocycles. The monoisotopic (exact) mass is 338 g/mol. The standard InChI is InChI=1S/C15H12Cl2N2O3/c16-11-7-6-10(8-12(11)17)18-15(22)19-13(14(20)21)9-4-2-1-3-5-9/h1-8,13H,(H,20,21)(H2,18,19,22). The number of halogens is 2. The van der Waals surface area contributed by atoms with Crippen LogP contribution in [0.4, 0.5) is 10.5 Å². The third-order valence-corrected chi connectivity index (χ3v) is 3.57. The molecule has 5 nitrogen and oxygen atoms in total. The van der Waals surface area contributed by atoms with Crippen molar-refractivity contribution in [3.63, 3.8) is 0 Å². The van der Waals surface area contributed by atoms with Gasteiger partial charge in [0, 0.05) is 5.69 Å². The number of hydrogen-bond donors (Lipinski definition) is 3. The fraction of sp³-hybridized carbons (Fsp3) is 0.0667. The molecule has 0 spiro atoms. The maximum absolute atomic E-state index is 11.9. The lowest BCUT2D eigenvalue weighted by atomic mass is 10.1. The highest BCUT2D eigenvalue weighted by Gasteiger charge is 2.21. The number of hydrogen-bond acceptors (Lipinski definition) is 2. The smallest absolute Gasteiger partial charge is 0.330 e. The van der Waals surface area contributed by atoms with Gasteiger partial charge in [0.25, 0.3) is 0 Å². The zero-order valence-electron chi connectivity index (χ0n) is 11.2.